The minimum Gasteiger partial charge on any atom is -0.394 e. The highest BCUT2D eigenvalue weighted by Gasteiger charge is 2.18. The van der Waals surface area contributed by atoms with Crippen LogP contribution in [-0.2, 0) is 0 Å². The van der Waals surface area contributed by atoms with Crippen LogP contribution >= 0.6 is 0 Å². The second-order valence-electron chi connectivity index (χ2n) is 4.40. The number of hydrogen-bond acceptors (Lipinski definition) is 3. The zero-order valence-corrected chi connectivity index (χ0v) is 8.73. The molecule has 14 heavy (non-hydrogen) atoms. The van der Waals surface area contributed by atoms with Gasteiger partial charge in [0.1, 0.15) is 6.10 Å². The molecular weight excluding hydrogens is 180 g/mol. The second kappa shape index (κ2) is 6.38. The van der Waals surface area contributed by atoms with Gasteiger partial charge in [0.25, 0.3) is 0 Å². The molecule has 3 N–H and O–H groups in total. The summed E-state index contributed by atoms with van der Waals surface area (Å²) in [5.41, 5.74) is 0. The van der Waals surface area contributed by atoms with Crippen molar-refractivity contribution < 1.29 is 15.3 Å². The van der Waals surface area contributed by atoms with E-state index in [1.54, 1.807) is 0 Å². The molecule has 3 heteroatoms. The summed E-state index contributed by atoms with van der Waals surface area (Å²) < 4.78 is 0. The van der Waals surface area contributed by atoms with Gasteiger partial charge in [-0.05, 0) is 18.8 Å². The van der Waals surface area contributed by atoms with E-state index in [-0.39, 0.29) is 6.61 Å². The van der Waals surface area contributed by atoms with Gasteiger partial charge in [0.05, 0.1) is 12.7 Å². The number of aliphatic hydroxyl groups excluding tert-OH is 3. The zero-order valence-electron chi connectivity index (χ0n) is 8.73. The smallest absolute Gasteiger partial charge is 0.103 e. The van der Waals surface area contributed by atoms with Crippen LogP contribution in [0.2, 0.25) is 0 Å². The van der Waals surface area contributed by atoms with Crippen LogP contribution in [0.25, 0.3) is 0 Å². The molecule has 1 aliphatic rings. The monoisotopic (exact) mass is 202 g/mol. The molecule has 2 unspecified atom stereocenters. The third-order valence-corrected chi connectivity index (χ3v) is 3.23. The summed E-state index contributed by atoms with van der Waals surface area (Å²) in [6.07, 6.45) is 6.39. The van der Waals surface area contributed by atoms with Crippen molar-refractivity contribution in [2.24, 2.45) is 5.92 Å². The molecule has 0 spiro atoms. The van der Waals surface area contributed by atoms with Crippen molar-refractivity contribution in [2.75, 3.05) is 6.61 Å². The molecule has 1 rings (SSSR count). The fraction of sp³-hybridized carbons (Fsp3) is 1.00. The van der Waals surface area contributed by atoms with E-state index in [0.29, 0.717) is 6.42 Å². The van der Waals surface area contributed by atoms with Crippen LogP contribution in [-0.4, -0.2) is 34.1 Å². The van der Waals surface area contributed by atoms with Gasteiger partial charge in [-0.3, -0.25) is 0 Å². The van der Waals surface area contributed by atoms with E-state index < -0.39 is 12.2 Å². The van der Waals surface area contributed by atoms with Gasteiger partial charge in [-0.2, -0.15) is 0 Å². The Labute approximate surface area is 85.8 Å². The molecule has 1 saturated carbocycles. The first-order valence-corrected chi connectivity index (χ1v) is 5.71. The van der Waals surface area contributed by atoms with Crippen molar-refractivity contribution in [3.05, 3.63) is 0 Å². The largest absolute Gasteiger partial charge is 0.394 e. The molecule has 0 aliphatic heterocycles. The molecule has 84 valence electrons. The van der Waals surface area contributed by atoms with Crippen LogP contribution < -0.4 is 0 Å². The average Bonchev–Trinajstić information content (AvgIpc) is 2.26. The lowest BCUT2D eigenvalue weighted by Crippen LogP contribution is -2.29. The molecular formula is C11H22O3. The van der Waals surface area contributed by atoms with Crippen molar-refractivity contribution >= 4 is 0 Å². The van der Waals surface area contributed by atoms with E-state index in [1.165, 1.54) is 32.1 Å². The third kappa shape index (κ3) is 3.95. The van der Waals surface area contributed by atoms with E-state index in [2.05, 4.69) is 0 Å². The maximum Gasteiger partial charge on any atom is 0.103 e. The van der Waals surface area contributed by atoms with Crippen molar-refractivity contribution in [1.82, 2.24) is 0 Å². The Balaban J connectivity index is 2.12. The SMILES string of the molecule is OCC(O)C(O)CCC1CCCCC1. The molecule has 3 nitrogen and oxygen atoms in total. The highest BCUT2D eigenvalue weighted by Crippen LogP contribution is 2.27. The first-order chi connectivity index (χ1) is 6.74. The highest BCUT2D eigenvalue weighted by atomic mass is 16.4. The predicted molar refractivity (Wildman–Crippen MR) is 54.9 cm³/mol. The van der Waals surface area contributed by atoms with Gasteiger partial charge < -0.3 is 15.3 Å². The Bertz CT molecular complexity index is 141. The van der Waals surface area contributed by atoms with Crippen LogP contribution in [0.15, 0.2) is 0 Å². The number of aliphatic hydroxyl groups is 3. The Morgan fingerprint density at radius 1 is 1.00 bits per heavy atom. The average molecular weight is 202 g/mol. The van der Waals surface area contributed by atoms with Crippen LogP contribution in [0, 0.1) is 5.92 Å². The molecule has 0 heterocycles. The number of rotatable bonds is 5. The van der Waals surface area contributed by atoms with E-state index in [9.17, 15) is 5.11 Å². The van der Waals surface area contributed by atoms with Crippen LogP contribution in [0.3, 0.4) is 0 Å². The van der Waals surface area contributed by atoms with Crippen molar-refractivity contribution in [2.45, 2.75) is 57.2 Å². The summed E-state index contributed by atoms with van der Waals surface area (Å²) in [7, 11) is 0. The summed E-state index contributed by atoms with van der Waals surface area (Å²) in [5, 5.41) is 27.2. The molecule has 0 amide bonds. The lowest BCUT2D eigenvalue weighted by Gasteiger charge is -2.23. The summed E-state index contributed by atoms with van der Waals surface area (Å²) in [5.74, 6) is 0.726. The molecule has 0 aromatic carbocycles. The van der Waals surface area contributed by atoms with E-state index >= 15 is 0 Å². The van der Waals surface area contributed by atoms with Gasteiger partial charge in [0, 0.05) is 0 Å². The predicted octanol–water partition coefficient (Wildman–Crippen LogP) is 1.06. The van der Waals surface area contributed by atoms with Crippen LogP contribution in [0.1, 0.15) is 44.9 Å². The molecule has 1 fully saturated rings. The minimum atomic E-state index is -0.960. The van der Waals surface area contributed by atoms with E-state index in [4.69, 9.17) is 10.2 Å². The topological polar surface area (TPSA) is 60.7 Å². The normalized spacial score (nSPS) is 23.4. The summed E-state index contributed by atoms with van der Waals surface area (Å²) >= 11 is 0. The van der Waals surface area contributed by atoms with Gasteiger partial charge in [-0.25, -0.2) is 0 Å². The highest BCUT2D eigenvalue weighted by molar-refractivity contribution is 4.71. The van der Waals surface area contributed by atoms with Gasteiger partial charge in [-0.15, -0.1) is 0 Å². The van der Waals surface area contributed by atoms with Gasteiger partial charge >= 0.3 is 0 Å². The molecule has 0 bridgehead atoms. The Morgan fingerprint density at radius 3 is 2.21 bits per heavy atom. The van der Waals surface area contributed by atoms with E-state index in [1.807, 2.05) is 0 Å². The molecule has 0 saturated heterocycles. The summed E-state index contributed by atoms with van der Waals surface area (Å²) in [6, 6.07) is 0. The summed E-state index contributed by atoms with van der Waals surface area (Å²) in [4.78, 5) is 0. The van der Waals surface area contributed by atoms with Gasteiger partial charge in [0.2, 0.25) is 0 Å². The fourth-order valence-corrected chi connectivity index (χ4v) is 2.20. The first kappa shape index (κ1) is 12.0. The first-order valence-electron chi connectivity index (χ1n) is 5.71. The molecule has 2 atom stereocenters. The van der Waals surface area contributed by atoms with Gasteiger partial charge in [0.15, 0.2) is 0 Å². The second-order valence-corrected chi connectivity index (χ2v) is 4.40. The standard InChI is InChI=1S/C11H22O3/c12-8-11(14)10(13)7-6-9-4-2-1-3-5-9/h9-14H,1-8H2. The lowest BCUT2D eigenvalue weighted by molar-refractivity contribution is -0.0206. The Kier molecular flexibility index (Phi) is 5.45. The van der Waals surface area contributed by atoms with Crippen LogP contribution in [0.5, 0.6) is 0 Å². The quantitative estimate of drug-likeness (QED) is 0.624. The van der Waals surface area contributed by atoms with E-state index in [0.717, 1.165) is 12.3 Å². The van der Waals surface area contributed by atoms with Crippen LogP contribution in [0.4, 0.5) is 0 Å². The fourth-order valence-electron chi connectivity index (χ4n) is 2.20. The molecule has 0 radical (unpaired) electrons. The van der Waals surface area contributed by atoms with Gasteiger partial charge in [-0.1, -0.05) is 32.1 Å². The zero-order chi connectivity index (χ0) is 10.4. The molecule has 0 aromatic rings. The molecule has 0 aromatic heterocycles. The summed E-state index contributed by atoms with van der Waals surface area (Å²) in [6.45, 7) is -0.341. The third-order valence-electron chi connectivity index (χ3n) is 3.23. The molecule has 1 aliphatic carbocycles. The Hall–Kier alpha value is -0.120. The Morgan fingerprint density at radius 2 is 1.64 bits per heavy atom. The number of hydrogen-bond donors (Lipinski definition) is 3. The lowest BCUT2D eigenvalue weighted by atomic mass is 9.85. The van der Waals surface area contributed by atoms with Crippen molar-refractivity contribution in [3.63, 3.8) is 0 Å². The van der Waals surface area contributed by atoms with Crippen molar-refractivity contribution in [1.29, 1.82) is 0 Å². The maximum atomic E-state index is 9.44. The maximum absolute atomic E-state index is 9.44. The van der Waals surface area contributed by atoms with Crippen molar-refractivity contribution in [3.8, 4) is 0 Å². The minimum absolute atomic E-state index is 0.341.